The molecule has 0 aliphatic carbocycles. The minimum Gasteiger partial charge on any atom is -0.402 e. The molecule has 3 rings (SSSR count). The second-order valence-electron chi connectivity index (χ2n) is 6.08. The van der Waals surface area contributed by atoms with E-state index in [2.05, 4.69) is 18.8 Å². The molecule has 132 valence electrons. The lowest BCUT2D eigenvalue weighted by Gasteiger charge is -2.04. The number of hydrogen-bond donors (Lipinski definition) is 0. The van der Waals surface area contributed by atoms with Gasteiger partial charge in [-0.3, -0.25) is 10.1 Å². The molecule has 1 aliphatic heterocycles. The normalized spacial score (nSPS) is 15.3. The van der Waals surface area contributed by atoms with Crippen LogP contribution in [0.1, 0.15) is 36.5 Å². The number of cyclic esters (lactones) is 1. The highest BCUT2D eigenvalue weighted by molar-refractivity contribution is 6.32. The van der Waals surface area contributed by atoms with Gasteiger partial charge in [-0.1, -0.05) is 49.7 Å². The van der Waals surface area contributed by atoms with Crippen molar-refractivity contribution in [2.24, 2.45) is 4.99 Å². The molecule has 0 unspecified atom stereocenters. The van der Waals surface area contributed by atoms with Crippen LogP contribution in [-0.2, 0) is 9.53 Å². The van der Waals surface area contributed by atoms with Gasteiger partial charge in [0, 0.05) is 11.6 Å². The smallest absolute Gasteiger partial charge is 0.363 e. The average molecular weight is 371 g/mol. The molecule has 0 spiro atoms. The van der Waals surface area contributed by atoms with Crippen LogP contribution in [-0.4, -0.2) is 16.8 Å². The molecule has 0 amide bonds. The van der Waals surface area contributed by atoms with Crippen molar-refractivity contribution in [3.63, 3.8) is 0 Å². The first-order valence-corrected chi connectivity index (χ1v) is 8.30. The molecular formula is C19H15ClN2O4. The van der Waals surface area contributed by atoms with E-state index in [-0.39, 0.29) is 22.3 Å². The fourth-order valence-corrected chi connectivity index (χ4v) is 2.64. The zero-order chi connectivity index (χ0) is 18.8. The van der Waals surface area contributed by atoms with Crippen molar-refractivity contribution in [3.05, 3.63) is 80.0 Å². The van der Waals surface area contributed by atoms with E-state index in [0.717, 1.165) is 5.56 Å². The molecule has 0 saturated carbocycles. The Kier molecular flexibility index (Phi) is 4.86. The first kappa shape index (κ1) is 17.8. The Bertz CT molecular complexity index is 947. The molecule has 7 heteroatoms. The van der Waals surface area contributed by atoms with Crippen LogP contribution in [0.4, 0.5) is 5.69 Å². The number of carbonyl (C=O) groups excluding carboxylic acids is 1. The first-order chi connectivity index (χ1) is 12.3. The average Bonchev–Trinajstić information content (AvgIpc) is 2.96. The maximum absolute atomic E-state index is 12.1. The van der Waals surface area contributed by atoms with Crippen LogP contribution < -0.4 is 0 Å². The van der Waals surface area contributed by atoms with Gasteiger partial charge in [0.15, 0.2) is 5.70 Å². The summed E-state index contributed by atoms with van der Waals surface area (Å²) in [6, 6.07) is 11.9. The van der Waals surface area contributed by atoms with E-state index in [1.807, 2.05) is 24.3 Å². The largest absolute Gasteiger partial charge is 0.402 e. The topological polar surface area (TPSA) is 81.8 Å². The van der Waals surface area contributed by atoms with Crippen LogP contribution in [0.2, 0.25) is 5.02 Å². The quantitative estimate of drug-likeness (QED) is 0.337. The van der Waals surface area contributed by atoms with Crippen molar-refractivity contribution in [3.8, 4) is 0 Å². The molecule has 0 fully saturated rings. The Morgan fingerprint density at radius 2 is 1.88 bits per heavy atom. The summed E-state index contributed by atoms with van der Waals surface area (Å²) < 4.78 is 5.15. The zero-order valence-corrected chi connectivity index (χ0v) is 14.9. The number of nitrogens with zero attached hydrogens (tertiary/aromatic N) is 2. The molecule has 0 aromatic heterocycles. The standard InChI is InChI=1S/C19H15ClN2O4/c1-11(2)13-5-3-12(4-6-13)9-16-19(23)26-18(21-16)14-7-8-15(20)17(10-14)22(24)25/h3-11H,1-2H3/b16-9-. The summed E-state index contributed by atoms with van der Waals surface area (Å²) in [5.74, 6) is -0.177. The SMILES string of the molecule is CC(C)c1ccc(/C=C2\N=C(c3ccc(Cl)c([N+](=O)[O-])c3)OC2=O)cc1. The maximum Gasteiger partial charge on any atom is 0.363 e. The van der Waals surface area contributed by atoms with E-state index in [1.54, 1.807) is 6.08 Å². The Hall–Kier alpha value is -2.99. The van der Waals surface area contributed by atoms with Crippen molar-refractivity contribution in [2.75, 3.05) is 0 Å². The maximum atomic E-state index is 12.1. The van der Waals surface area contributed by atoms with Crippen molar-refractivity contribution < 1.29 is 14.5 Å². The van der Waals surface area contributed by atoms with E-state index in [0.29, 0.717) is 11.5 Å². The number of ether oxygens (including phenoxy) is 1. The first-order valence-electron chi connectivity index (χ1n) is 7.92. The summed E-state index contributed by atoms with van der Waals surface area (Å²) in [7, 11) is 0. The Labute approximate surface area is 154 Å². The molecule has 2 aromatic rings. The third kappa shape index (κ3) is 3.65. The number of rotatable bonds is 4. The lowest BCUT2D eigenvalue weighted by Crippen LogP contribution is -2.06. The molecule has 1 aliphatic rings. The predicted molar refractivity (Wildman–Crippen MR) is 99.2 cm³/mol. The van der Waals surface area contributed by atoms with Crippen LogP contribution in [0.5, 0.6) is 0 Å². The molecule has 2 aromatic carbocycles. The number of carbonyl (C=O) groups is 1. The molecule has 6 nitrogen and oxygen atoms in total. The van der Waals surface area contributed by atoms with Crippen LogP contribution in [0, 0.1) is 10.1 Å². The number of halogens is 1. The molecule has 0 atom stereocenters. The third-order valence-corrected chi connectivity index (χ3v) is 4.24. The van der Waals surface area contributed by atoms with Crippen LogP contribution >= 0.6 is 11.6 Å². The molecule has 26 heavy (non-hydrogen) atoms. The van der Waals surface area contributed by atoms with Crippen molar-refractivity contribution in [2.45, 2.75) is 19.8 Å². The molecule has 1 heterocycles. The number of esters is 1. The number of nitro benzene ring substituents is 1. The third-order valence-electron chi connectivity index (χ3n) is 3.92. The van der Waals surface area contributed by atoms with Gasteiger partial charge in [0.25, 0.3) is 5.69 Å². The van der Waals surface area contributed by atoms with Gasteiger partial charge in [0.2, 0.25) is 5.90 Å². The van der Waals surface area contributed by atoms with E-state index in [1.165, 1.54) is 23.8 Å². The van der Waals surface area contributed by atoms with Crippen molar-refractivity contribution >= 4 is 35.2 Å². The van der Waals surface area contributed by atoms with E-state index < -0.39 is 10.9 Å². The Morgan fingerprint density at radius 3 is 2.50 bits per heavy atom. The fourth-order valence-electron chi connectivity index (χ4n) is 2.45. The van der Waals surface area contributed by atoms with Gasteiger partial charge < -0.3 is 4.74 Å². The predicted octanol–water partition coefficient (Wildman–Crippen LogP) is 4.72. The lowest BCUT2D eigenvalue weighted by molar-refractivity contribution is -0.384. The summed E-state index contributed by atoms with van der Waals surface area (Å²) in [6.07, 6.45) is 1.61. The van der Waals surface area contributed by atoms with Gasteiger partial charge in [-0.05, 0) is 35.3 Å². The monoisotopic (exact) mass is 370 g/mol. The van der Waals surface area contributed by atoms with Crippen LogP contribution in [0.25, 0.3) is 6.08 Å². The van der Waals surface area contributed by atoms with Gasteiger partial charge in [0.1, 0.15) is 5.02 Å². The van der Waals surface area contributed by atoms with E-state index in [4.69, 9.17) is 16.3 Å². The summed E-state index contributed by atoms with van der Waals surface area (Å²) in [5, 5.41) is 11.0. The number of aliphatic imine (C=N–C) groups is 1. The highest BCUT2D eigenvalue weighted by atomic mass is 35.5. The second kappa shape index (κ2) is 7.09. The minimum absolute atomic E-state index is 0.00433. The molecule has 0 saturated heterocycles. The van der Waals surface area contributed by atoms with Gasteiger partial charge in [-0.25, -0.2) is 9.79 Å². The minimum atomic E-state index is -0.606. The second-order valence-corrected chi connectivity index (χ2v) is 6.49. The highest BCUT2D eigenvalue weighted by Gasteiger charge is 2.26. The molecule has 0 N–H and O–H groups in total. The highest BCUT2D eigenvalue weighted by Crippen LogP contribution is 2.27. The van der Waals surface area contributed by atoms with Gasteiger partial charge >= 0.3 is 5.97 Å². The van der Waals surface area contributed by atoms with Crippen molar-refractivity contribution in [1.82, 2.24) is 0 Å². The van der Waals surface area contributed by atoms with E-state index >= 15 is 0 Å². The summed E-state index contributed by atoms with van der Waals surface area (Å²) in [6.45, 7) is 4.20. The van der Waals surface area contributed by atoms with Gasteiger partial charge in [-0.2, -0.15) is 0 Å². The zero-order valence-electron chi connectivity index (χ0n) is 14.1. The van der Waals surface area contributed by atoms with Gasteiger partial charge in [-0.15, -0.1) is 0 Å². The molecule has 0 radical (unpaired) electrons. The van der Waals surface area contributed by atoms with Crippen LogP contribution in [0.3, 0.4) is 0 Å². The molecule has 0 bridgehead atoms. The summed E-state index contributed by atoms with van der Waals surface area (Å²) in [5.41, 5.74) is 2.18. The van der Waals surface area contributed by atoms with Crippen LogP contribution in [0.15, 0.2) is 53.2 Å². The fraction of sp³-hybridized carbons (Fsp3) is 0.158. The lowest BCUT2D eigenvalue weighted by atomic mass is 10.0. The van der Waals surface area contributed by atoms with Gasteiger partial charge in [0.05, 0.1) is 4.92 Å². The number of nitro groups is 1. The van der Waals surface area contributed by atoms with E-state index in [9.17, 15) is 14.9 Å². The number of benzene rings is 2. The Morgan fingerprint density at radius 1 is 1.19 bits per heavy atom. The number of hydrogen-bond acceptors (Lipinski definition) is 5. The summed E-state index contributed by atoms with van der Waals surface area (Å²) in [4.78, 5) is 26.6. The summed E-state index contributed by atoms with van der Waals surface area (Å²) >= 11 is 5.80. The van der Waals surface area contributed by atoms with Crippen molar-refractivity contribution in [1.29, 1.82) is 0 Å². The molecular weight excluding hydrogens is 356 g/mol. The Balaban J connectivity index is 1.91.